The minimum atomic E-state index is -0.424. The third kappa shape index (κ3) is 6.48. The van der Waals surface area contributed by atoms with Crippen LogP contribution in [-0.4, -0.2) is 65.0 Å². The highest BCUT2D eigenvalue weighted by Gasteiger charge is 2.15. The van der Waals surface area contributed by atoms with E-state index in [0.29, 0.717) is 35.5 Å². The SMILES string of the molecule is COc1cccc(OCCNC(=O)Nc2cc(-n3nc(C)cc3C)nc(-c3ccc(C)o3)n2)c1CN(C)C. The number of carbonyl (C=O) groups is 1. The third-order valence-corrected chi connectivity index (χ3v) is 5.57. The van der Waals surface area contributed by atoms with Gasteiger partial charge in [-0.2, -0.15) is 5.10 Å². The van der Waals surface area contributed by atoms with Crippen LogP contribution in [0.15, 0.2) is 46.9 Å². The van der Waals surface area contributed by atoms with Crippen LogP contribution < -0.4 is 20.1 Å². The van der Waals surface area contributed by atoms with Crippen LogP contribution in [0.1, 0.15) is 22.7 Å². The Morgan fingerprint density at radius 1 is 1.08 bits per heavy atom. The largest absolute Gasteiger partial charge is 0.496 e. The first kappa shape index (κ1) is 26.7. The van der Waals surface area contributed by atoms with Crippen LogP contribution in [0, 0.1) is 20.8 Å². The zero-order chi connectivity index (χ0) is 27.2. The summed E-state index contributed by atoms with van der Waals surface area (Å²) < 4.78 is 18.9. The molecule has 4 rings (SSSR count). The lowest BCUT2D eigenvalue weighted by Gasteiger charge is -2.18. The van der Waals surface area contributed by atoms with Gasteiger partial charge in [-0.15, -0.1) is 0 Å². The van der Waals surface area contributed by atoms with Crippen LogP contribution in [-0.2, 0) is 6.54 Å². The van der Waals surface area contributed by atoms with Crippen molar-refractivity contribution in [2.75, 3.05) is 39.7 Å². The molecule has 0 saturated heterocycles. The second-order valence-electron chi connectivity index (χ2n) is 9.09. The number of carbonyl (C=O) groups excluding carboxylic acids is 1. The molecule has 11 nitrogen and oxygen atoms in total. The number of aromatic nitrogens is 4. The van der Waals surface area contributed by atoms with Gasteiger partial charge in [-0.25, -0.2) is 19.4 Å². The van der Waals surface area contributed by atoms with Crippen molar-refractivity contribution in [2.45, 2.75) is 27.3 Å². The maximum absolute atomic E-state index is 12.7. The predicted octanol–water partition coefficient (Wildman–Crippen LogP) is 4.12. The number of hydrogen-bond acceptors (Lipinski definition) is 8. The Balaban J connectivity index is 1.44. The van der Waals surface area contributed by atoms with E-state index in [0.717, 1.165) is 28.5 Å². The predicted molar refractivity (Wildman–Crippen MR) is 144 cm³/mol. The Bertz CT molecular complexity index is 1410. The third-order valence-electron chi connectivity index (χ3n) is 5.57. The topological polar surface area (TPSA) is 120 Å². The Hall–Kier alpha value is -4.38. The summed E-state index contributed by atoms with van der Waals surface area (Å²) in [6, 6.07) is 12.5. The molecule has 0 saturated carbocycles. The minimum absolute atomic E-state index is 0.277. The molecule has 0 unspecified atom stereocenters. The lowest BCUT2D eigenvalue weighted by Crippen LogP contribution is -2.32. The number of methoxy groups -OCH3 is 1. The van der Waals surface area contributed by atoms with Crippen molar-refractivity contribution in [1.29, 1.82) is 0 Å². The van der Waals surface area contributed by atoms with Gasteiger partial charge in [0.15, 0.2) is 17.4 Å². The molecule has 0 fully saturated rings. The van der Waals surface area contributed by atoms with Gasteiger partial charge in [-0.1, -0.05) is 6.07 Å². The standard InChI is InChI=1S/C27H33N7O4/c1-17-14-18(2)34(32-17)25-15-24(29-26(31-25)23-11-10-19(3)38-23)30-27(35)28-12-13-37-22-9-7-8-21(36-6)20(22)16-33(4)5/h7-11,14-15H,12-13,16H2,1-6H3,(H2,28,29,30,31,35). The Kier molecular flexibility index (Phi) is 8.27. The zero-order valence-electron chi connectivity index (χ0n) is 22.5. The van der Waals surface area contributed by atoms with E-state index in [9.17, 15) is 4.79 Å². The summed E-state index contributed by atoms with van der Waals surface area (Å²) in [6.45, 7) is 6.91. The maximum atomic E-state index is 12.7. The summed E-state index contributed by atoms with van der Waals surface area (Å²) in [4.78, 5) is 23.8. The summed E-state index contributed by atoms with van der Waals surface area (Å²) in [5.41, 5.74) is 2.71. The van der Waals surface area contributed by atoms with Crippen LogP contribution in [0.25, 0.3) is 17.4 Å². The maximum Gasteiger partial charge on any atom is 0.320 e. The van der Waals surface area contributed by atoms with E-state index in [2.05, 4.69) is 25.7 Å². The van der Waals surface area contributed by atoms with Gasteiger partial charge in [-0.05, 0) is 65.2 Å². The molecule has 3 heterocycles. The molecular weight excluding hydrogens is 486 g/mol. The van der Waals surface area contributed by atoms with Gasteiger partial charge < -0.3 is 24.1 Å². The second-order valence-corrected chi connectivity index (χ2v) is 9.09. The molecule has 2 N–H and O–H groups in total. The minimum Gasteiger partial charge on any atom is -0.496 e. The number of nitrogens with zero attached hydrogens (tertiary/aromatic N) is 5. The monoisotopic (exact) mass is 519 g/mol. The van der Waals surface area contributed by atoms with E-state index in [-0.39, 0.29) is 13.2 Å². The number of urea groups is 1. The average molecular weight is 520 g/mol. The number of furan rings is 1. The summed E-state index contributed by atoms with van der Waals surface area (Å²) in [7, 11) is 5.60. The summed E-state index contributed by atoms with van der Waals surface area (Å²) in [6.07, 6.45) is 0. The van der Waals surface area contributed by atoms with Crippen molar-refractivity contribution in [1.82, 2.24) is 30.0 Å². The lowest BCUT2D eigenvalue weighted by atomic mass is 10.1. The fourth-order valence-corrected chi connectivity index (χ4v) is 3.96. The Labute approximate surface area is 221 Å². The van der Waals surface area contributed by atoms with E-state index in [4.69, 9.17) is 13.9 Å². The van der Waals surface area contributed by atoms with Gasteiger partial charge in [0, 0.05) is 18.3 Å². The average Bonchev–Trinajstić information content (AvgIpc) is 3.46. The second kappa shape index (κ2) is 11.8. The number of amides is 2. The highest BCUT2D eigenvalue weighted by atomic mass is 16.5. The quantitative estimate of drug-likeness (QED) is 0.300. The van der Waals surface area contributed by atoms with Gasteiger partial charge in [0.05, 0.1) is 24.9 Å². The first-order chi connectivity index (χ1) is 18.2. The van der Waals surface area contributed by atoms with Crippen molar-refractivity contribution < 1.29 is 18.7 Å². The molecule has 0 aliphatic carbocycles. The number of benzene rings is 1. The summed E-state index contributed by atoms with van der Waals surface area (Å²) in [5, 5.41) is 10.1. The van der Waals surface area contributed by atoms with Crippen LogP contribution in [0.5, 0.6) is 11.5 Å². The van der Waals surface area contributed by atoms with E-state index in [1.165, 1.54) is 0 Å². The van der Waals surface area contributed by atoms with E-state index < -0.39 is 6.03 Å². The van der Waals surface area contributed by atoms with Crippen molar-refractivity contribution in [3.63, 3.8) is 0 Å². The number of ether oxygens (including phenoxy) is 2. The van der Waals surface area contributed by atoms with Crippen LogP contribution >= 0.6 is 0 Å². The fraction of sp³-hybridized carbons (Fsp3) is 0.333. The molecule has 0 atom stereocenters. The summed E-state index contributed by atoms with van der Waals surface area (Å²) in [5.74, 6) is 3.86. The van der Waals surface area contributed by atoms with Crippen LogP contribution in [0.2, 0.25) is 0 Å². The van der Waals surface area contributed by atoms with Crippen LogP contribution in [0.4, 0.5) is 10.6 Å². The molecule has 11 heteroatoms. The molecule has 3 aromatic heterocycles. The summed E-state index contributed by atoms with van der Waals surface area (Å²) >= 11 is 0. The molecule has 0 radical (unpaired) electrons. The van der Waals surface area contributed by atoms with Crippen molar-refractivity contribution >= 4 is 11.8 Å². The van der Waals surface area contributed by atoms with Gasteiger partial charge in [-0.3, -0.25) is 5.32 Å². The zero-order valence-corrected chi connectivity index (χ0v) is 22.5. The van der Waals surface area contributed by atoms with Crippen molar-refractivity contribution in [2.24, 2.45) is 0 Å². The van der Waals surface area contributed by atoms with Gasteiger partial charge >= 0.3 is 6.03 Å². The lowest BCUT2D eigenvalue weighted by molar-refractivity contribution is 0.246. The van der Waals surface area contributed by atoms with Gasteiger partial charge in [0.25, 0.3) is 0 Å². The normalized spacial score (nSPS) is 11.0. The highest BCUT2D eigenvalue weighted by Crippen LogP contribution is 2.29. The molecule has 0 aliphatic heterocycles. The molecule has 2 amide bonds. The highest BCUT2D eigenvalue weighted by molar-refractivity contribution is 5.88. The van der Waals surface area contributed by atoms with Crippen molar-refractivity contribution in [3.8, 4) is 28.9 Å². The van der Waals surface area contributed by atoms with E-state index in [1.807, 2.05) is 70.1 Å². The molecule has 1 aromatic carbocycles. The Morgan fingerprint density at radius 2 is 1.87 bits per heavy atom. The Morgan fingerprint density at radius 3 is 2.53 bits per heavy atom. The molecular formula is C27H33N7O4. The molecule has 0 spiro atoms. The van der Waals surface area contributed by atoms with Gasteiger partial charge in [0.2, 0.25) is 0 Å². The molecule has 0 bridgehead atoms. The molecule has 200 valence electrons. The number of anilines is 1. The number of rotatable bonds is 10. The number of aryl methyl sites for hydroxylation is 3. The van der Waals surface area contributed by atoms with E-state index in [1.54, 1.807) is 23.9 Å². The van der Waals surface area contributed by atoms with Gasteiger partial charge in [0.1, 0.15) is 29.7 Å². The first-order valence-corrected chi connectivity index (χ1v) is 12.2. The van der Waals surface area contributed by atoms with Crippen LogP contribution in [0.3, 0.4) is 0 Å². The molecule has 0 aliphatic rings. The first-order valence-electron chi connectivity index (χ1n) is 12.2. The number of hydrogen-bond donors (Lipinski definition) is 2. The van der Waals surface area contributed by atoms with Crippen molar-refractivity contribution in [3.05, 3.63) is 65.2 Å². The van der Waals surface area contributed by atoms with E-state index >= 15 is 0 Å². The number of nitrogens with one attached hydrogen (secondary N) is 2. The fourth-order valence-electron chi connectivity index (χ4n) is 3.96. The molecule has 4 aromatic rings. The molecule has 38 heavy (non-hydrogen) atoms. The smallest absolute Gasteiger partial charge is 0.320 e.